The fourth-order valence-corrected chi connectivity index (χ4v) is 6.98. The van der Waals surface area contributed by atoms with Crippen molar-refractivity contribution >= 4 is 35.8 Å². The second-order valence-corrected chi connectivity index (χ2v) is 11.4. The molecule has 7 rings (SSSR count). The Bertz CT molecular complexity index is 1420. The van der Waals surface area contributed by atoms with Crippen LogP contribution in [0.15, 0.2) is 36.4 Å². The Balaban J connectivity index is 1.14. The Hall–Kier alpha value is -3.19. The van der Waals surface area contributed by atoms with Gasteiger partial charge in [0, 0.05) is 62.9 Å². The van der Waals surface area contributed by atoms with Crippen LogP contribution >= 0.6 is 0 Å². The van der Waals surface area contributed by atoms with Gasteiger partial charge in [0.15, 0.2) is 7.85 Å². The molecule has 6 heterocycles. The van der Waals surface area contributed by atoms with Gasteiger partial charge in [-0.25, -0.2) is 4.98 Å². The molecule has 1 spiro atoms. The number of nitrogens with one attached hydrogen (secondary N) is 1. The monoisotopic (exact) mass is 507 g/mol. The Labute approximate surface area is 225 Å². The molecule has 38 heavy (non-hydrogen) atoms. The van der Waals surface area contributed by atoms with E-state index in [1.54, 1.807) is 0 Å². The molecule has 3 saturated heterocycles. The zero-order valence-corrected chi connectivity index (χ0v) is 22.3. The Morgan fingerprint density at radius 3 is 2.74 bits per heavy atom. The highest BCUT2D eigenvalue weighted by molar-refractivity contribution is 6.31. The number of nitriles is 1. The zero-order valence-electron chi connectivity index (χ0n) is 22.3. The SMILES string of the molecule is Bc1ccc2c(N3C[C@@H](C)N4Cc5nc(N6CCC7(CC6)CNCCO7)ccc5[C@H]4C3)ccc(C#N)c2n1. The molecule has 2 atom stereocenters. The number of piperidine rings is 1. The number of piperazine rings is 1. The topological polar surface area (TPSA) is 80.5 Å². The van der Waals surface area contributed by atoms with Crippen molar-refractivity contribution in [2.75, 3.05) is 55.7 Å². The number of rotatable bonds is 2. The van der Waals surface area contributed by atoms with Gasteiger partial charge in [0.2, 0.25) is 0 Å². The summed E-state index contributed by atoms with van der Waals surface area (Å²) in [6.07, 6.45) is 2.10. The van der Waals surface area contributed by atoms with Gasteiger partial charge in [0.25, 0.3) is 0 Å². The molecule has 1 aromatic carbocycles. The van der Waals surface area contributed by atoms with Crippen LogP contribution in [-0.2, 0) is 11.3 Å². The van der Waals surface area contributed by atoms with Crippen molar-refractivity contribution < 1.29 is 4.74 Å². The molecule has 3 aromatic rings. The first-order valence-corrected chi connectivity index (χ1v) is 13.9. The van der Waals surface area contributed by atoms with E-state index in [2.05, 4.69) is 57.3 Å². The van der Waals surface area contributed by atoms with Gasteiger partial charge in [-0.15, -0.1) is 0 Å². The van der Waals surface area contributed by atoms with Crippen LogP contribution in [0.1, 0.15) is 42.6 Å². The van der Waals surface area contributed by atoms with Gasteiger partial charge < -0.3 is 19.9 Å². The summed E-state index contributed by atoms with van der Waals surface area (Å²) in [5.74, 6) is 1.10. The van der Waals surface area contributed by atoms with Crippen LogP contribution in [0.3, 0.4) is 0 Å². The number of hydrogen-bond acceptors (Lipinski definition) is 8. The number of morpholine rings is 1. The molecule has 0 saturated carbocycles. The maximum absolute atomic E-state index is 9.65. The zero-order chi connectivity index (χ0) is 25.9. The summed E-state index contributed by atoms with van der Waals surface area (Å²) >= 11 is 0. The molecule has 1 N–H and O–H groups in total. The minimum Gasteiger partial charge on any atom is -0.372 e. The average molecular weight is 507 g/mol. The van der Waals surface area contributed by atoms with Crippen LogP contribution in [-0.4, -0.2) is 80.2 Å². The number of nitrogens with zero attached hydrogens (tertiary/aromatic N) is 6. The lowest BCUT2D eigenvalue weighted by atomic mass is 9.90. The fraction of sp³-hybridized carbons (Fsp3) is 0.483. The van der Waals surface area contributed by atoms with Crippen molar-refractivity contribution in [1.29, 1.82) is 5.26 Å². The number of ether oxygens (including phenoxy) is 1. The van der Waals surface area contributed by atoms with Gasteiger partial charge >= 0.3 is 0 Å². The molecule has 0 aliphatic carbocycles. The summed E-state index contributed by atoms with van der Waals surface area (Å²) in [7, 11) is 1.98. The molecular formula is C29H34BN7O. The number of hydrogen-bond donors (Lipinski definition) is 1. The molecule has 8 nitrogen and oxygen atoms in total. The Kier molecular flexibility index (Phi) is 5.80. The predicted octanol–water partition coefficient (Wildman–Crippen LogP) is 1.48. The number of aromatic nitrogens is 2. The van der Waals surface area contributed by atoms with Crippen molar-refractivity contribution in [3.63, 3.8) is 0 Å². The lowest BCUT2D eigenvalue weighted by Crippen LogP contribution is -2.55. The average Bonchev–Trinajstić information content (AvgIpc) is 3.32. The van der Waals surface area contributed by atoms with E-state index in [1.807, 2.05) is 20.0 Å². The van der Waals surface area contributed by atoms with Crippen LogP contribution in [0.25, 0.3) is 10.9 Å². The van der Waals surface area contributed by atoms with Crippen LogP contribution < -0.4 is 20.7 Å². The number of fused-ring (bicyclic) bond motifs is 4. The first-order valence-electron chi connectivity index (χ1n) is 13.9. The maximum Gasteiger partial charge on any atom is 0.163 e. The molecule has 4 aliphatic rings. The van der Waals surface area contributed by atoms with Crippen molar-refractivity contribution in [2.24, 2.45) is 0 Å². The third-order valence-electron chi connectivity index (χ3n) is 9.10. The molecule has 4 aliphatic heterocycles. The quantitative estimate of drug-likeness (QED) is 0.523. The van der Waals surface area contributed by atoms with E-state index in [-0.39, 0.29) is 5.60 Å². The predicted molar refractivity (Wildman–Crippen MR) is 152 cm³/mol. The largest absolute Gasteiger partial charge is 0.372 e. The highest BCUT2D eigenvalue weighted by Crippen LogP contribution is 2.41. The summed E-state index contributed by atoms with van der Waals surface area (Å²) in [5, 5.41) is 14.2. The Morgan fingerprint density at radius 2 is 1.95 bits per heavy atom. The number of benzene rings is 1. The third-order valence-corrected chi connectivity index (χ3v) is 9.10. The van der Waals surface area contributed by atoms with Crippen LogP contribution in [0, 0.1) is 11.3 Å². The minimum atomic E-state index is 0.00878. The van der Waals surface area contributed by atoms with E-state index in [9.17, 15) is 5.26 Å². The lowest BCUT2D eigenvalue weighted by Gasteiger charge is -2.44. The van der Waals surface area contributed by atoms with E-state index >= 15 is 0 Å². The second-order valence-electron chi connectivity index (χ2n) is 11.4. The molecule has 0 bridgehead atoms. The van der Waals surface area contributed by atoms with E-state index in [1.165, 1.54) is 11.3 Å². The highest BCUT2D eigenvalue weighted by Gasteiger charge is 2.41. The van der Waals surface area contributed by atoms with Crippen molar-refractivity contribution in [1.82, 2.24) is 20.2 Å². The normalized spacial score (nSPS) is 24.8. The summed E-state index contributed by atoms with van der Waals surface area (Å²) < 4.78 is 6.19. The highest BCUT2D eigenvalue weighted by atomic mass is 16.5. The maximum atomic E-state index is 9.65. The Morgan fingerprint density at radius 1 is 1.08 bits per heavy atom. The van der Waals surface area contributed by atoms with Crippen molar-refractivity contribution in [2.45, 2.75) is 44.0 Å². The summed E-state index contributed by atoms with van der Waals surface area (Å²) in [6.45, 7) is 9.80. The van der Waals surface area contributed by atoms with E-state index in [0.717, 1.165) is 93.3 Å². The molecule has 2 aromatic heterocycles. The number of anilines is 2. The molecule has 194 valence electrons. The summed E-state index contributed by atoms with van der Waals surface area (Å²) in [4.78, 5) is 17.5. The van der Waals surface area contributed by atoms with Crippen molar-refractivity contribution in [3.8, 4) is 6.07 Å². The van der Waals surface area contributed by atoms with E-state index < -0.39 is 0 Å². The first kappa shape index (κ1) is 23.9. The molecule has 0 radical (unpaired) electrons. The van der Waals surface area contributed by atoms with Gasteiger partial charge in [-0.3, -0.25) is 9.88 Å². The van der Waals surface area contributed by atoms with Crippen molar-refractivity contribution in [3.05, 3.63) is 53.2 Å². The van der Waals surface area contributed by atoms with E-state index in [4.69, 9.17) is 14.7 Å². The van der Waals surface area contributed by atoms with Gasteiger partial charge in [0.05, 0.1) is 35.0 Å². The second kappa shape index (κ2) is 9.23. The first-order chi connectivity index (χ1) is 18.5. The molecule has 0 unspecified atom stereocenters. The standard InChI is InChI=1S/C29H34BN7O/c1-19-15-36(24-5-2-20(14-31)28-22(24)3-6-26(30)34-28)17-25-21-4-7-27(33-23(21)16-37(19)25)35-11-8-29(9-12-35)18-32-10-13-38-29/h2-7,19,25,32H,8-13,15-18,30H2,1H3/t19-,25-/m1/s1. The third kappa shape index (κ3) is 3.94. The molecule has 9 heteroatoms. The smallest absolute Gasteiger partial charge is 0.163 e. The molecular weight excluding hydrogens is 473 g/mol. The van der Waals surface area contributed by atoms with Gasteiger partial charge in [-0.1, -0.05) is 12.1 Å². The van der Waals surface area contributed by atoms with Crippen LogP contribution in [0.4, 0.5) is 11.5 Å². The van der Waals surface area contributed by atoms with E-state index in [0.29, 0.717) is 17.6 Å². The lowest BCUT2D eigenvalue weighted by molar-refractivity contribution is -0.0800. The van der Waals surface area contributed by atoms with Gasteiger partial charge in [0.1, 0.15) is 11.9 Å². The molecule has 0 amide bonds. The summed E-state index contributed by atoms with van der Waals surface area (Å²) in [6, 6.07) is 15.8. The minimum absolute atomic E-state index is 0.00878. The van der Waals surface area contributed by atoms with Crippen LogP contribution in [0.2, 0.25) is 0 Å². The van der Waals surface area contributed by atoms with Crippen LogP contribution in [0.5, 0.6) is 0 Å². The number of pyridine rings is 2. The fourth-order valence-electron chi connectivity index (χ4n) is 6.98. The summed E-state index contributed by atoms with van der Waals surface area (Å²) in [5.41, 5.74) is 6.12. The van der Waals surface area contributed by atoms with Gasteiger partial charge in [-0.05, 0) is 55.2 Å². The molecule has 3 fully saturated rings. The van der Waals surface area contributed by atoms with Gasteiger partial charge in [-0.2, -0.15) is 5.26 Å².